The van der Waals surface area contributed by atoms with E-state index in [1.165, 1.54) is 30.6 Å². The van der Waals surface area contributed by atoms with E-state index < -0.39 is 4.92 Å². The summed E-state index contributed by atoms with van der Waals surface area (Å²) >= 11 is 1.43. The number of carbonyl (C=O) groups excluding carboxylic acids is 1. The van der Waals surface area contributed by atoms with Gasteiger partial charge in [0.1, 0.15) is 12.2 Å². The summed E-state index contributed by atoms with van der Waals surface area (Å²) < 4.78 is 10.9. The number of carbonyl (C=O) groups is 1. The monoisotopic (exact) mass is 392 g/mol. The summed E-state index contributed by atoms with van der Waals surface area (Å²) in [6.45, 7) is 2.68. The average Bonchev–Trinajstić information content (AvgIpc) is 3.05. The third-order valence-electron chi connectivity index (χ3n) is 4.20. The summed E-state index contributed by atoms with van der Waals surface area (Å²) in [6, 6.07) is 2.63. The number of rotatable bonds is 6. The fourth-order valence-electron chi connectivity index (χ4n) is 2.82. The molecule has 1 aliphatic heterocycles. The largest absolute Gasteiger partial charge is 0.493 e. The number of nitro benzene ring substituents is 1. The predicted molar refractivity (Wildman–Crippen MR) is 99.5 cm³/mol. The first-order valence-corrected chi connectivity index (χ1v) is 9.40. The van der Waals surface area contributed by atoms with Crippen LogP contribution in [0.3, 0.4) is 0 Å². The zero-order valence-electron chi connectivity index (χ0n) is 14.8. The average molecular weight is 392 g/mol. The number of amides is 1. The molecule has 0 unspecified atom stereocenters. The van der Waals surface area contributed by atoms with E-state index in [2.05, 4.69) is 10.3 Å². The van der Waals surface area contributed by atoms with Crippen molar-refractivity contribution in [1.29, 1.82) is 0 Å². The molecule has 1 aliphatic rings. The molecule has 1 saturated heterocycles. The van der Waals surface area contributed by atoms with Gasteiger partial charge in [-0.25, -0.2) is 4.98 Å². The Labute approximate surface area is 160 Å². The van der Waals surface area contributed by atoms with Crippen molar-refractivity contribution in [1.82, 2.24) is 15.2 Å². The Morgan fingerprint density at radius 3 is 2.93 bits per heavy atom. The Morgan fingerprint density at radius 1 is 1.37 bits per heavy atom. The Hall–Kier alpha value is -2.72. The number of aromatic nitrogens is 1. The predicted octanol–water partition coefficient (Wildman–Crippen LogP) is 2.07. The highest BCUT2D eigenvalue weighted by Gasteiger charge is 2.28. The Morgan fingerprint density at radius 2 is 2.22 bits per heavy atom. The van der Waals surface area contributed by atoms with Gasteiger partial charge in [0, 0.05) is 31.1 Å². The van der Waals surface area contributed by atoms with E-state index in [0.717, 1.165) is 13.0 Å². The van der Waals surface area contributed by atoms with Crippen molar-refractivity contribution in [3.8, 4) is 11.5 Å². The molecule has 1 amide bonds. The summed E-state index contributed by atoms with van der Waals surface area (Å²) in [7, 11) is 1.43. The number of thiazole rings is 1. The molecule has 0 atom stereocenters. The number of nitrogens with zero attached hydrogens (tertiary/aromatic N) is 3. The van der Waals surface area contributed by atoms with Crippen LogP contribution in [0.25, 0.3) is 0 Å². The molecule has 0 aliphatic carbocycles. The normalized spacial score (nSPS) is 14.5. The van der Waals surface area contributed by atoms with Crippen molar-refractivity contribution < 1.29 is 19.2 Å². The maximum atomic E-state index is 12.9. The molecule has 3 rings (SSSR count). The molecule has 0 bridgehead atoms. The first kappa shape index (κ1) is 19.1. The molecule has 2 heterocycles. The number of ether oxygens (including phenoxy) is 2. The van der Waals surface area contributed by atoms with E-state index in [9.17, 15) is 14.9 Å². The van der Waals surface area contributed by atoms with Crippen molar-refractivity contribution in [2.75, 3.05) is 33.3 Å². The van der Waals surface area contributed by atoms with Crippen LogP contribution in [-0.4, -0.2) is 54.0 Å². The minimum atomic E-state index is -0.571. The van der Waals surface area contributed by atoms with E-state index in [4.69, 9.17) is 9.47 Å². The molecule has 10 heteroatoms. The van der Waals surface area contributed by atoms with Gasteiger partial charge in [-0.05, 0) is 13.0 Å². The summed E-state index contributed by atoms with van der Waals surface area (Å²) in [5.41, 5.74) is 2.09. The number of nitrogens with one attached hydrogen (secondary N) is 1. The van der Waals surface area contributed by atoms with Gasteiger partial charge in [-0.2, -0.15) is 0 Å². The second-order valence-electron chi connectivity index (χ2n) is 5.94. The van der Waals surface area contributed by atoms with E-state index in [0.29, 0.717) is 25.3 Å². The lowest BCUT2D eigenvalue weighted by Crippen LogP contribution is -2.34. The summed E-state index contributed by atoms with van der Waals surface area (Å²) in [5, 5.41) is 16.6. The number of hydrogen-bond donors (Lipinski definition) is 1. The Balaban J connectivity index is 1.90. The third kappa shape index (κ3) is 4.52. The number of benzene rings is 1. The minimum absolute atomic E-state index is 0.000224. The second-order valence-corrected chi connectivity index (χ2v) is 6.66. The molecule has 1 fully saturated rings. The second kappa shape index (κ2) is 8.78. The SMILES string of the molecule is COc1cc(C(=O)N2CCCNCC2)c([N+](=O)[O-])cc1OCc1cscn1. The van der Waals surface area contributed by atoms with Crippen molar-refractivity contribution >= 4 is 22.9 Å². The van der Waals surface area contributed by atoms with Crippen LogP contribution < -0.4 is 14.8 Å². The van der Waals surface area contributed by atoms with Crippen LogP contribution in [0.1, 0.15) is 22.5 Å². The molecule has 27 heavy (non-hydrogen) atoms. The van der Waals surface area contributed by atoms with Gasteiger partial charge >= 0.3 is 0 Å². The lowest BCUT2D eigenvalue weighted by molar-refractivity contribution is -0.385. The van der Waals surface area contributed by atoms with Gasteiger partial charge in [0.2, 0.25) is 0 Å². The number of nitro groups is 1. The van der Waals surface area contributed by atoms with Crippen molar-refractivity contribution in [2.45, 2.75) is 13.0 Å². The van der Waals surface area contributed by atoms with Gasteiger partial charge < -0.3 is 19.7 Å². The van der Waals surface area contributed by atoms with E-state index >= 15 is 0 Å². The van der Waals surface area contributed by atoms with Crippen molar-refractivity contribution in [3.05, 3.63) is 44.4 Å². The van der Waals surface area contributed by atoms with Crippen LogP contribution in [0.15, 0.2) is 23.0 Å². The van der Waals surface area contributed by atoms with Crippen LogP contribution in [-0.2, 0) is 6.61 Å². The van der Waals surface area contributed by atoms with Crippen LogP contribution in [0, 0.1) is 10.1 Å². The van der Waals surface area contributed by atoms with E-state index in [-0.39, 0.29) is 35.3 Å². The maximum absolute atomic E-state index is 12.9. The smallest absolute Gasteiger partial charge is 0.286 e. The van der Waals surface area contributed by atoms with Gasteiger partial charge in [0.15, 0.2) is 11.5 Å². The zero-order valence-corrected chi connectivity index (χ0v) is 15.7. The molecule has 2 aromatic rings. The standard InChI is InChI=1S/C17H20N4O5S/c1-25-15-7-13(17(22)20-5-2-3-18-4-6-20)14(21(23)24)8-16(15)26-9-12-10-27-11-19-12/h7-8,10-11,18H,2-6,9H2,1H3. The highest BCUT2D eigenvalue weighted by molar-refractivity contribution is 7.07. The molecule has 144 valence electrons. The Bertz CT molecular complexity index is 804. The number of hydrogen-bond acceptors (Lipinski definition) is 8. The first-order valence-electron chi connectivity index (χ1n) is 8.46. The molecule has 9 nitrogen and oxygen atoms in total. The fourth-order valence-corrected chi connectivity index (χ4v) is 3.37. The van der Waals surface area contributed by atoms with Gasteiger partial charge in [-0.15, -0.1) is 11.3 Å². The molecular formula is C17H20N4O5S. The van der Waals surface area contributed by atoms with Crippen molar-refractivity contribution in [3.63, 3.8) is 0 Å². The first-order chi connectivity index (χ1) is 13.1. The molecule has 0 radical (unpaired) electrons. The van der Waals surface area contributed by atoms with Gasteiger partial charge in [-0.3, -0.25) is 14.9 Å². The van der Waals surface area contributed by atoms with Crippen LogP contribution in [0.4, 0.5) is 5.69 Å². The molecular weight excluding hydrogens is 372 g/mol. The van der Waals surface area contributed by atoms with Gasteiger partial charge in [-0.1, -0.05) is 0 Å². The molecule has 0 spiro atoms. The molecule has 1 N–H and O–H groups in total. The van der Waals surface area contributed by atoms with Gasteiger partial charge in [0.25, 0.3) is 11.6 Å². The lowest BCUT2D eigenvalue weighted by Gasteiger charge is -2.20. The zero-order chi connectivity index (χ0) is 19.2. The summed E-state index contributed by atoms with van der Waals surface area (Å²) in [5.74, 6) is 0.0909. The van der Waals surface area contributed by atoms with E-state index in [1.807, 2.05) is 5.38 Å². The quantitative estimate of drug-likeness (QED) is 0.592. The highest BCUT2D eigenvalue weighted by atomic mass is 32.1. The number of methoxy groups -OCH3 is 1. The summed E-state index contributed by atoms with van der Waals surface area (Å²) in [6.07, 6.45) is 0.797. The lowest BCUT2D eigenvalue weighted by atomic mass is 10.1. The van der Waals surface area contributed by atoms with Gasteiger partial charge in [0.05, 0.1) is 29.3 Å². The van der Waals surface area contributed by atoms with Crippen molar-refractivity contribution in [2.24, 2.45) is 0 Å². The van der Waals surface area contributed by atoms with Crippen LogP contribution in [0.5, 0.6) is 11.5 Å². The third-order valence-corrected chi connectivity index (χ3v) is 4.83. The van der Waals surface area contributed by atoms with E-state index in [1.54, 1.807) is 10.4 Å². The van der Waals surface area contributed by atoms with Crippen LogP contribution >= 0.6 is 11.3 Å². The molecule has 0 saturated carbocycles. The topological polar surface area (TPSA) is 107 Å². The maximum Gasteiger partial charge on any atom is 0.286 e. The van der Waals surface area contributed by atoms with Crippen LogP contribution in [0.2, 0.25) is 0 Å². The molecule has 1 aromatic carbocycles. The summed E-state index contributed by atoms with van der Waals surface area (Å²) in [4.78, 5) is 29.6. The Kier molecular flexibility index (Phi) is 6.20. The highest BCUT2D eigenvalue weighted by Crippen LogP contribution is 2.36. The molecule has 1 aromatic heterocycles. The fraction of sp³-hybridized carbons (Fsp3) is 0.412. The minimum Gasteiger partial charge on any atom is -0.493 e.